The number of ether oxygens (including phenoxy) is 1. The van der Waals surface area contributed by atoms with E-state index in [1.54, 1.807) is 37.5 Å². The summed E-state index contributed by atoms with van der Waals surface area (Å²) in [5.41, 5.74) is 1.42. The van der Waals surface area contributed by atoms with Gasteiger partial charge in [-0.25, -0.2) is 0 Å². The van der Waals surface area contributed by atoms with E-state index in [-0.39, 0.29) is 23.7 Å². The van der Waals surface area contributed by atoms with Crippen molar-refractivity contribution in [1.29, 1.82) is 0 Å². The summed E-state index contributed by atoms with van der Waals surface area (Å²) in [5.74, 6) is 0.382. The molecular formula is C21H27NO3. The Morgan fingerprint density at radius 3 is 2.16 bits per heavy atom. The number of allylic oxidation sites excluding steroid dienone is 1. The number of phenolic OH excluding ortho intramolecular Hbond substituents is 1. The summed E-state index contributed by atoms with van der Waals surface area (Å²) in [4.78, 5) is 15.4. The molecule has 0 atom stereocenters. The molecule has 0 aliphatic rings. The monoisotopic (exact) mass is 341 g/mol. The van der Waals surface area contributed by atoms with Gasteiger partial charge in [-0.3, -0.25) is 4.79 Å². The maximum absolute atomic E-state index is 11.8. The number of aliphatic imine (C=N–C) groups is 1. The van der Waals surface area contributed by atoms with Crippen molar-refractivity contribution in [1.82, 2.24) is 0 Å². The lowest BCUT2D eigenvalue weighted by Crippen LogP contribution is -2.11. The fourth-order valence-corrected chi connectivity index (χ4v) is 1.57. The van der Waals surface area contributed by atoms with Crippen LogP contribution in [0.25, 0.3) is 0 Å². The number of carbonyl (C=O) groups is 1. The Kier molecular flexibility index (Phi) is 12.0. The predicted molar refractivity (Wildman–Crippen MR) is 105 cm³/mol. The molecule has 0 saturated carbocycles. The Bertz CT molecular complexity index is 657. The van der Waals surface area contributed by atoms with E-state index in [0.717, 1.165) is 5.56 Å². The van der Waals surface area contributed by atoms with Crippen LogP contribution in [0.2, 0.25) is 0 Å². The second kappa shape index (κ2) is 13.5. The molecule has 0 saturated heterocycles. The molecule has 0 radical (unpaired) electrons. The number of carbonyl (C=O) groups excluding carboxylic acids is 1. The Morgan fingerprint density at radius 2 is 1.68 bits per heavy atom. The van der Waals surface area contributed by atoms with Crippen LogP contribution in [0.1, 0.15) is 29.8 Å². The van der Waals surface area contributed by atoms with Gasteiger partial charge in [0.25, 0.3) is 0 Å². The van der Waals surface area contributed by atoms with Gasteiger partial charge in [0, 0.05) is 7.05 Å². The minimum Gasteiger partial charge on any atom is -0.507 e. The van der Waals surface area contributed by atoms with Gasteiger partial charge in [0.05, 0.1) is 5.56 Å². The van der Waals surface area contributed by atoms with E-state index in [4.69, 9.17) is 4.74 Å². The number of nitrogens with zero attached hydrogens (tertiary/aromatic N) is 1. The lowest BCUT2D eigenvalue weighted by molar-refractivity contribution is 0.0919. The molecule has 1 N–H and O–H groups in total. The third-order valence-corrected chi connectivity index (χ3v) is 2.85. The normalized spacial score (nSPS) is 9.28. The average molecular weight is 341 g/mol. The number of rotatable bonds is 4. The number of benzene rings is 2. The first-order valence-corrected chi connectivity index (χ1v) is 7.94. The first kappa shape index (κ1) is 22.1. The topological polar surface area (TPSA) is 58.9 Å². The van der Waals surface area contributed by atoms with Crippen LogP contribution in [0.5, 0.6) is 11.5 Å². The molecule has 0 heterocycles. The molecule has 0 spiro atoms. The van der Waals surface area contributed by atoms with E-state index >= 15 is 0 Å². The summed E-state index contributed by atoms with van der Waals surface area (Å²) in [7, 11) is 1.75. The predicted octanol–water partition coefficient (Wildman–Crippen LogP) is 4.86. The highest BCUT2D eigenvalue weighted by atomic mass is 16.5. The maximum atomic E-state index is 11.8. The van der Waals surface area contributed by atoms with Crippen LogP contribution in [0, 0.1) is 6.92 Å². The average Bonchev–Trinajstić information content (AvgIpc) is 2.62. The fraction of sp³-hybridized carbons (Fsp3) is 0.238. The Labute approximate surface area is 150 Å². The largest absolute Gasteiger partial charge is 0.507 e. The van der Waals surface area contributed by atoms with Gasteiger partial charge < -0.3 is 14.8 Å². The first-order chi connectivity index (χ1) is 12.0. The molecule has 134 valence electrons. The van der Waals surface area contributed by atoms with Gasteiger partial charge in [-0.15, -0.1) is 6.58 Å². The van der Waals surface area contributed by atoms with Gasteiger partial charge >= 0.3 is 0 Å². The van der Waals surface area contributed by atoms with E-state index in [1.165, 1.54) is 6.07 Å². The number of para-hydroxylation sites is 1. The summed E-state index contributed by atoms with van der Waals surface area (Å²) in [6.07, 6.45) is 3.50. The lowest BCUT2D eigenvalue weighted by Gasteiger charge is -2.06. The number of hydrogen-bond donors (Lipinski definition) is 1. The van der Waals surface area contributed by atoms with Crippen molar-refractivity contribution in [2.24, 2.45) is 4.99 Å². The van der Waals surface area contributed by atoms with Gasteiger partial charge in [0.15, 0.2) is 6.61 Å². The Balaban J connectivity index is 0.000000708. The van der Waals surface area contributed by atoms with Crippen LogP contribution in [0.4, 0.5) is 0 Å². The van der Waals surface area contributed by atoms with Crippen molar-refractivity contribution in [3.05, 3.63) is 72.3 Å². The van der Waals surface area contributed by atoms with Gasteiger partial charge in [-0.2, -0.15) is 0 Å². The molecule has 2 aromatic rings. The minimum absolute atomic E-state index is 0.0185. The zero-order chi connectivity index (χ0) is 19.1. The van der Waals surface area contributed by atoms with E-state index in [9.17, 15) is 9.90 Å². The third-order valence-electron chi connectivity index (χ3n) is 2.85. The Hall–Kier alpha value is -2.88. The molecule has 0 aromatic heterocycles. The lowest BCUT2D eigenvalue weighted by atomic mass is 10.1. The quantitative estimate of drug-likeness (QED) is 0.491. The number of phenols is 1. The SMILES string of the molecule is C=CC.CC=NC.Cc1ccc(OCC(=O)c2ccccc2O)cc1. The number of aromatic hydroxyl groups is 1. The molecule has 0 bridgehead atoms. The van der Waals surface area contributed by atoms with Crippen molar-refractivity contribution in [2.45, 2.75) is 20.8 Å². The maximum Gasteiger partial charge on any atom is 0.203 e. The van der Waals surface area contributed by atoms with E-state index in [0.29, 0.717) is 5.75 Å². The molecule has 0 unspecified atom stereocenters. The minimum atomic E-state index is -0.242. The van der Waals surface area contributed by atoms with Crippen LogP contribution < -0.4 is 4.74 Å². The third kappa shape index (κ3) is 9.76. The van der Waals surface area contributed by atoms with Crippen molar-refractivity contribution in [3.63, 3.8) is 0 Å². The van der Waals surface area contributed by atoms with E-state index in [2.05, 4.69) is 11.6 Å². The van der Waals surface area contributed by atoms with Crippen LogP contribution in [-0.4, -0.2) is 30.8 Å². The highest BCUT2D eigenvalue weighted by molar-refractivity contribution is 5.99. The highest BCUT2D eigenvalue weighted by Gasteiger charge is 2.10. The molecule has 4 nitrogen and oxygen atoms in total. The zero-order valence-corrected chi connectivity index (χ0v) is 15.4. The summed E-state index contributed by atoms with van der Waals surface area (Å²) in [5, 5.41) is 9.54. The zero-order valence-electron chi connectivity index (χ0n) is 15.4. The molecule has 0 aliphatic carbocycles. The van der Waals surface area contributed by atoms with Gasteiger partial charge in [-0.05, 0) is 51.3 Å². The van der Waals surface area contributed by atoms with Crippen molar-refractivity contribution in [3.8, 4) is 11.5 Å². The number of aryl methyl sites for hydroxylation is 1. The smallest absolute Gasteiger partial charge is 0.203 e. The summed E-state index contributed by atoms with van der Waals surface area (Å²) < 4.78 is 5.37. The van der Waals surface area contributed by atoms with Crippen molar-refractivity contribution in [2.75, 3.05) is 13.7 Å². The van der Waals surface area contributed by atoms with Crippen LogP contribution in [-0.2, 0) is 0 Å². The molecular weight excluding hydrogens is 314 g/mol. The van der Waals surface area contributed by atoms with Crippen LogP contribution >= 0.6 is 0 Å². The molecule has 25 heavy (non-hydrogen) atoms. The molecule has 2 rings (SSSR count). The Morgan fingerprint density at radius 1 is 1.16 bits per heavy atom. The number of Topliss-reactive ketones (excluding diaryl/α,β-unsaturated/α-hetero) is 1. The second-order valence-electron chi connectivity index (χ2n) is 4.97. The van der Waals surface area contributed by atoms with Gasteiger partial charge in [0.2, 0.25) is 5.78 Å². The van der Waals surface area contributed by atoms with E-state index < -0.39 is 0 Å². The molecule has 0 aliphatic heterocycles. The molecule has 2 aromatic carbocycles. The van der Waals surface area contributed by atoms with Crippen molar-refractivity contribution >= 4 is 12.0 Å². The van der Waals surface area contributed by atoms with Gasteiger partial charge in [0.1, 0.15) is 11.5 Å². The first-order valence-electron chi connectivity index (χ1n) is 7.94. The highest BCUT2D eigenvalue weighted by Crippen LogP contribution is 2.17. The second-order valence-corrected chi connectivity index (χ2v) is 4.97. The summed E-state index contributed by atoms with van der Waals surface area (Å²) >= 11 is 0. The summed E-state index contributed by atoms with van der Waals surface area (Å²) in [6, 6.07) is 13.9. The van der Waals surface area contributed by atoms with Gasteiger partial charge in [-0.1, -0.05) is 35.9 Å². The molecule has 0 amide bonds. The molecule has 0 fully saturated rings. The van der Waals surface area contributed by atoms with Crippen LogP contribution in [0.15, 0.2) is 66.2 Å². The van der Waals surface area contributed by atoms with E-state index in [1.807, 2.05) is 45.0 Å². The number of ketones is 1. The van der Waals surface area contributed by atoms with Crippen molar-refractivity contribution < 1.29 is 14.6 Å². The number of hydrogen-bond acceptors (Lipinski definition) is 4. The molecule has 4 heteroatoms. The fourth-order valence-electron chi connectivity index (χ4n) is 1.57. The summed E-state index contributed by atoms with van der Waals surface area (Å²) in [6.45, 7) is 9.04. The van der Waals surface area contributed by atoms with Crippen LogP contribution in [0.3, 0.4) is 0 Å². The standard InChI is InChI=1S/C15H14O3.C3H7N.C3H6/c1-11-6-8-12(9-7-11)18-10-15(17)13-4-2-3-5-14(13)16;1-3-4-2;1-3-2/h2-9,16H,10H2,1H3;3H,1-2H3;3H,1H2,2H3.